The molecule has 160 valence electrons. The van der Waals surface area contributed by atoms with Gasteiger partial charge >= 0.3 is 0 Å². The molecular formula is C22H27BrClN5O. The van der Waals surface area contributed by atoms with Crippen LogP contribution in [-0.2, 0) is 0 Å². The summed E-state index contributed by atoms with van der Waals surface area (Å²) in [4.78, 5) is 6.49. The number of ether oxygens (including phenoxy) is 1. The molecule has 1 aromatic carbocycles. The first-order valence-electron chi connectivity index (χ1n) is 9.87. The molecule has 0 atom stereocenters. The normalized spacial score (nSPS) is 13.8. The molecule has 0 radical (unpaired) electrons. The lowest BCUT2D eigenvalue weighted by Crippen LogP contribution is -2.41. The fourth-order valence-corrected chi connectivity index (χ4v) is 3.15. The highest BCUT2D eigenvalue weighted by molar-refractivity contribution is 9.11. The maximum atomic E-state index is 8.95. The van der Waals surface area contributed by atoms with E-state index in [9.17, 15) is 0 Å². The summed E-state index contributed by atoms with van der Waals surface area (Å²) in [5.74, 6) is 1.33. The van der Waals surface area contributed by atoms with E-state index < -0.39 is 0 Å². The number of hydrogen-bond donors (Lipinski definition) is 2. The molecule has 8 heteroatoms. The molecule has 0 amide bonds. The van der Waals surface area contributed by atoms with Crippen LogP contribution in [0.1, 0.15) is 25.7 Å². The van der Waals surface area contributed by atoms with Crippen molar-refractivity contribution in [3.63, 3.8) is 0 Å². The van der Waals surface area contributed by atoms with E-state index in [4.69, 9.17) is 21.6 Å². The van der Waals surface area contributed by atoms with E-state index in [-0.39, 0.29) is 6.04 Å². The third kappa shape index (κ3) is 9.86. The lowest BCUT2D eigenvalue weighted by molar-refractivity contribution is 0.305. The number of nitriles is 1. The van der Waals surface area contributed by atoms with Crippen molar-refractivity contribution >= 4 is 33.5 Å². The first-order chi connectivity index (χ1) is 14.6. The summed E-state index contributed by atoms with van der Waals surface area (Å²) >= 11 is 9.21. The van der Waals surface area contributed by atoms with Gasteiger partial charge in [-0.05, 0) is 55.7 Å². The van der Waals surface area contributed by atoms with E-state index in [1.165, 1.54) is 0 Å². The van der Waals surface area contributed by atoms with Gasteiger partial charge in [0.25, 0.3) is 0 Å². The summed E-state index contributed by atoms with van der Waals surface area (Å²) in [7, 11) is 0. The highest BCUT2D eigenvalue weighted by atomic mass is 79.9. The summed E-state index contributed by atoms with van der Waals surface area (Å²) in [6.45, 7) is 5.89. The molecule has 1 aromatic rings. The molecule has 1 heterocycles. The van der Waals surface area contributed by atoms with Crippen LogP contribution in [-0.4, -0.2) is 36.6 Å². The van der Waals surface area contributed by atoms with Gasteiger partial charge in [-0.3, -0.25) is 10.3 Å². The van der Waals surface area contributed by atoms with Crippen molar-refractivity contribution in [2.75, 3.05) is 19.7 Å². The Labute approximate surface area is 192 Å². The molecule has 0 bridgehead atoms. The number of nitrogens with one attached hydrogen (secondary N) is 2. The number of aliphatic imine (C=N–C) groups is 1. The summed E-state index contributed by atoms with van der Waals surface area (Å²) in [5.41, 5.74) is 0. The first-order valence-corrected chi connectivity index (χ1v) is 11.0. The van der Waals surface area contributed by atoms with Crippen molar-refractivity contribution in [1.82, 2.24) is 15.5 Å². The van der Waals surface area contributed by atoms with Gasteiger partial charge in [0.05, 0.1) is 19.2 Å². The van der Waals surface area contributed by atoms with Crippen LogP contribution in [0.3, 0.4) is 0 Å². The zero-order chi connectivity index (χ0) is 21.6. The van der Waals surface area contributed by atoms with Gasteiger partial charge in [-0.2, -0.15) is 5.26 Å². The Balaban J connectivity index is 1.61. The van der Waals surface area contributed by atoms with Gasteiger partial charge in [0.1, 0.15) is 5.75 Å². The molecule has 0 unspecified atom stereocenters. The fourth-order valence-electron chi connectivity index (χ4n) is 2.73. The van der Waals surface area contributed by atoms with Gasteiger partial charge < -0.3 is 15.0 Å². The zero-order valence-electron chi connectivity index (χ0n) is 16.9. The zero-order valence-corrected chi connectivity index (χ0v) is 19.2. The summed E-state index contributed by atoms with van der Waals surface area (Å²) in [6.07, 6.45) is 14.0. The van der Waals surface area contributed by atoms with Crippen molar-refractivity contribution in [3.05, 3.63) is 64.9 Å². The first kappa shape index (κ1) is 23.8. The van der Waals surface area contributed by atoms with Crippen LogP contribution >= 0.6 is 27.5 Å². The number of guanidine groups is 1. The molecule has 0 aliphatic carbocycles. The van der Waals surface area contributed by atoms with Crippen LogP contribution in [0.2, 0.25) is 5.02 Å². The quantitative estimate of drug-likeness (QED) is 0.151. The standard InChI is InChI=1S/C22H27BrClN5O/c1-18(23)16-29-13-10-20(11-14-29)28-22(27-17-25)26-12-4-2-3-5-15-30-21-8-6-19(24)7-9-21/h6-11,13-14,20H,1-5,12,15-16H2,(H2,26,27,28). The highest BCUT2D eigenvalue weighted by Crippen LogP contribution is 2.16. The lowest BCUT2D eigenvalue weighted by Gasteiger charge is -2.22. The van der Waals surface area contributed by atoms with Crippen molar-refractivity contribution in [1.29, 1.82) is 5.26 Å². The molecule has 0 spiro atoms. The minimum Gasteiger partial charge on any atom is -0.494 e. The Morgan fingerprint density at radius 3 is 2.57 bits per heavy atom. The van der Waals surface area contributed by atoms with Crippen molar-refractivity contribution in [2.24, 2.45) is 4.99 Å². The fraction of sp³-hybridized carbons (Fsp3) is 0.364. The second-order valence-corrected chi connectivity index (χ2v) is 8.28. The number of hydrogen-bond acceptors (Lipinski definition) is 4. The summed E-state index contributed by atoms with van der Waals surface area (Å²) in [6, 6.07) is 7.38. The van der Waals surface area contributed by atoms with E-state index in [1.807, 2.05) is 59.9 Å². The second-order valence-electron chi connectivity index (χ2n) is 6.73. The third-order valence-electron chi connectivity index (χ3n) is 4.21. The predicted molar refractivity (Wildman–Crippen MR) is 126 cm³/mol. The average Bonchev–Trinajstić information content (AvgIpc) is 2.72. The number of benzene rings is 1. The molecule has 6 nitrogen and oxygen atoms in total. The second kappa shape index (κ2) is 13.7. The van der Waals surface area contributed by atoms with Crippen LogP contribution in [0.5, 0.6) is 5.75 Å². The van der Waals surface area contributed by atoms with Crippen LogP contribution < -0.4 is 15.4 Å². The predicted octanol–water partition coefficient (Wildman–Crippen LogP) is 4.92. The van der Waals surface area contributed by atoms with E-state index in [0.29, 0.717) is 30.7 Å². The topological polar surface area (TPSA) is 72.7 Å². The third-order valence-corrected chi connectivity index (χ3v) is 4.71. The molecule has 1 aliphatic heterocycles. The minimum absolute atomic E-state index is 0.0190. The van der Waals surface area contributed by atoms with Gasteiger partial charge in [0, 0.05) is 28.4 Å². The Morgan fingerprint density at radius 1 is 1.20 bits per heavy atom. The molecule has 30 heavy (non-hydrogen) atoms. The largest absolute Gasteiger partial charge is 0.494 e. The van der Waals surface area contributed by atoms with E-state index >= 15 is 0 Å². The lowest BCUT2D eigenvalue weighted by atomic mass is 10.2. The smallest absolute Gasteiger partial charge is 0.205 e. The monoisotopic (exact) mass is 491 g/mol. The number of halogens is 2. The van der Waals surface area contributed by atoms with E-state index in [2.05, 4.69) is 38.1 Å². The van der Waals surface area contributed by atoms with Gasteiger partial charge in [0.2, 0.25) is 5.96 Å². The molecule has 0 saturated heterocycles. The van der Waals surface area contributed by atoms with Gasteiger partial charge in [-0.25, -0.2) is 0 Å². The Morgan fingerprint density at radius 2 is 1.90 bits per heavy atom. The number of rotatable bonds is 11. The summed E-state index contributed by atoms with van der Waals surface area (Å²) in [5, 5.41) is 15.5. The van der Waals surface area contributed by atoms with Crippen LogP contribution in [0.4, 0.5) is 0 Å². The molecule has 0 aromatic heterocycles. The average molecular weight is 493 g/mol. The van der Waals surface area contributed by atoms with Gasteiger partial charge in [-0.15, -0.1) is 0 Å². The van der Waals surface area contributed by atoms with Crippen LogP contribution in [0, 0.1) is 11.5 Å². The van der Waals surface area contributed by atoms with Crippen LogP contribution in [0.15, 0.2) is 64.9 Å². The molecular weight excluding hydrogens is 466 g/mol. The Kier molecular flexibility index (Phi) is 10.9. The van der Waals surface area contributed by atoms with E-state index in [0.717, 1.165) is 35.9 Å². The maximum absolute atomic E-state index is 8.95. The minimum atomic E-state index is -0.0190. The molecule has 1 aliphatic rings. The molecule has 2 N–H and O–H groups in total. The SMILES string of the molecule is C=C(Br)CN1C=CC(NC(=NCCCCCCOc2ccc(Cl)cc2)NC#N)C=C1. The van der Waals surface area contributed by atoms with Gasteiger partial charge in [-0.1, -0.05) is 40.5 Å². The highest BCUT2D eigenvalue weighted by Gasteiger charge is 2.09. The number of unbranched alkanes of at least 4 members (excludes halogenated alkanes) is 3. The van der Waals surface area contributed by atoms with Gasteiger partial charge in [0.15, 0.2) is 6.19 Å². The van der Waals surface area contributed by atoms with Crippen molar-refractivity contribution in [2.45, 2.75) is 31.7 Å². The van der Waals surface area contributed by atoms with Crippen molar-refractivity contribution < 1.29 is 4.74 Å². The van der Waals surface area contributed by atoms with Crippen LogP contribution in [0.25, 0.3) is 0 Å². The summed E-state index contributed by atoms with van der Waals surface area (Å²) < 4.78 is 6.60. The number of nitrogens with zero attached hydrogens (tertiary/aromatic N) is 3. The molecule has 0 saturated carbocycles. The molecule has 0 fully saturated rings. The van der Waals surface area contributed by atoms with E-state index in [1.54, 1.807) is 0 Å². The Hall–Kier alpha value is -2.43. The maximum Gasteiger partial charge on any atom is 0.205 e. The van der Waals surface area contributed by atoms with Crippen molar-refractivity contribution in [3.8, 4) is 11.9 Å². The molecule has 2 rings (SSSR count). The Bertz CT molecular complexity index is 787.